The number of benzene rings is 2. The van der Waals surface area contributed by atoms with Crippen molar-refractivity contribution in [2.45, 2.75) is 31.9 Å². The third-order valence-electron chi connectivity index (χ3n) is 5.19. The molecule has 0 N–H and O–H groups in total. The molecule has 2 heterocycles. The fraction of sp³-hybridized carbons (Fsp3) is 0.227. The van der Waals surface area contributed by atoms with Crippen LogP contribution in [0.4, 0.5) is 22.0 Å². The second-order valence-electron chi connectivity index (χ2n) is 7.15. The van der Waals surface area contributed by atoms with E-state index >= 15 is 0 Å². The third-order valence-corrected chi connectivity index (χ3v) is 5.19. The zero-order valence-electron chi connectivity index (χ0n) is 16.3. The van der Waals surface area contributed by atoms with Gasteiger partial charge in [0.25, 0.3) is 5.56 Å². The van der Waals surface area contributed by atoms with Crippen molar-refractivity contribution >= 4 is 5.71 Å². The molecule has 0 saturated heterocycles. The van der Waals surface area contributed by atoms with Crippen LogP contribution in [-0.4, -0.2) is 15.4 Å². The van der Waals surface area contributed by atoms with Crippen LogP contribution >= 0.6 is 0 Å². The van der Waals surface area contributed by atoms with E-state index in [1.807, 2.05) is 6.92 Å². The molecule has 0 amide bonds. The molecule has 4 rings (SSSR count). The van der Waals surface area contributed by atoms with Gasteiger partial charge in [-0.1, -0.05) is 25.1 Å². The first kappa shape index (κ1) is 20.9. The van der Waals surface area contributed by atoms with Crippen LogP contribution in [0.25, 0.3) is 11.3 Å². The summed E-state index contributed by atoms with van der Waals surface area (Å²) in [4.78, 5) is 17.0. The van der Waals surface area contributed by atoms with Crippen molar-refractivity contribution < 1.29 is 22.0 Å². The van der Waals surface area contributed by atoms with Crippen molar-refractivity contribution in [1.29, 1.82) is 0 Å². The van der Waals surface area contributed by atoms with Crippen LogP contribution in [0, 0.1) is 11.6 Å². The first-order valence-electron chi connectivity index (χ1n) is 9.50. The molecular formula is C22H16F5N3O. The molecule has 0 spiro atoms. The molecule has 160 valence electrons. The van der Waals surface area contributed by atoms with Crippen LogP contribution in [0.3, 0.4) is 0 Å². The number of aromatic nitrogens is 2. The number of halogens is 5. The van der Waals surface area contributed by atoms with Gasteiger partial charge in [-0.15, -0.1) is 0 Å². The Bertz CT molecular complexity index is 1230. The molecule has 0 bridgehead atoms. The first-order chi connectivity index (χ1) is 14.7. The van der Waals surface area contributed by atoms with Gasteiger partial charge in [0.1, 0.15) is 17.5 Å². The minimum atomic E-state index is -4.47. The van der Waals surface area contributed by atoms with Crippen LogP contribution < -0.4 is 5.56 Å². The molecule has 4 nitrogen and oxygen atoms in total. The van der Waals surface area contributed by atoms with E-state index in [0.717, 1.165) is 28.9 Å². The van der Waals surface area contributed by atoms with Crippen LogP contribution in [-0.2, 0) is 12.6 Å². The second kappa shape index (κ2) is 7.72. The van der Waals surface area contributed by atoms with Gasteiger partial charge in [0.15, 0.2) is 0 Å². The average Bonchev–Trinajstić information content (AvgIpc) is 2.72. The SMILES string of the molecule is CCC1=Nn2c(nc(-c3ccc(C(F)(F)F)cc3)cc2=O)CC1c1ccc(F)cc1F. The number of rotatable bonds is 3. The number of hydrogen-bond acceptors (Lipinski definition) is 3. The van der Waals surface area contributed by atoms with Crippen molar-refractivity contribution in [3.63, 3.8) is 0 Å². The molecule has 9 heteroatoms. The maximum Gasteiger partial charge on any atom is 0.416 e. The Morgan fingerprint density at radius 2 is 1.77 bits per heavy atom. The normalized spacial score (nSPS) is 16.1. The van der Waals surface area contributed by atoms with Gasteiger partial charge in [0.2, 0.25) is 0 Å². The highest BCUT2D eigenvalue weighted by atomic mass is 19.4. The zero-order valence-corrected chi connectivity index (χ0v) is 16.3. The zero-order chi connectivity index (χ0) is 22.3. The minimum Gasteiger partial charge on any atom is -0.267 e. The summed E-state index contributed by atoms with van der Waals surface area (Å²) in [7, 11) is 0. The minimum absolute atomic E-state index is 0.138. The molecular weight excluding hydrogens is 417 g/mol. The number of nitrogens with zero attached hydrogens (tertiary/aromatic N) is 3. The molecule has 1 atom stereocenters. The highest BCUT2D eigenvalue weighted by Crippen LogP contribution is 2.32. The van der Waals surface area contributed by atoms with Gasteiger partial charge >= 0.3 is 6.18 Å². The number of fused-ring (bicyclic) bond motifs is 1. The van der Waals surface area contributed by atoms with Crippen LogP contribution in [0.1, 0.15) is 36.2 Å². The lowest BCUT2D eigenvalue weighted by molar-refractivity contribution is -0.137. The summed E-state index contributed by atoms with van der Waals surface area (Å²) in [5.74, 6) is -1.72. The highest BCUT2D eigenvalue weighted by molar-refractivity contribution is 5.91. The van der Waals surface area contributed by atoms with Gasteiger partial charge in [0, 0.05) is 35.7 Å². The van der Waals surface area contributed by atoms with E-state index in [1.54, 1.807) is 0 Å². The largest absolute Gasteiger partial charge is 0.416 e. The molecule has 1 unspecified atom stereocenters. The molecule has 0 aliphatic carbocycles. The summed E-state index contributed by atoms with van der Waals surface area (Å²) < 4.78 is 67.3. The molecule has 0 fully saturated rings. The Balaban J connectivity index is 1.76. The molecule has 0 radical (unpaired) electrons. The van der Waals surface area contributed by atoms with E-state index in [4.69, 9.17) is 0 Å². The van der Waals surface area contributed by atoms with E-state index in [-0.39, 0.29) is 23.5 Å². The lowest BCUT2D eigenvalue weighted by Crippen LogP contribution is -2.31. The summed E-state index contributed by atoms with van der Waals surface area (Å²) in [5.41, 5.74) is 0.00666. The predicted molar refractivity (Wildman–Crippen MR) is 105 cm³/mol. The van der Waals surface area contributed by atoms with Gasteiger partial charge in [-0.3, -0.25) is 4.79 Å². The van der Waals surface area contributed by atoms with Gasteiger partial charge in [0.05, 0.1) is 11.3 Å². The van der Waals surface area contributed by atoms with Crippen molar-refractivity contribution in [3.05, 3.63) is 87.5 Å². The molecule has 1 aliphatic heterocycles. The Morgan fingerprint density at radius 1 is 1.06 bits per heavy atom. The van der Waals surface area contributed by atoms with Gasteiger partial charge in [-0.25, -0.2) is 13.8 Å². The van der Waals surface area contributed by atoms with Crippen LogP contribution in [0.2, 0.25) is 0 Å². The Hall–Kier alpha value is -3.36. The summed E-state index contributed by atoms with van der Waals surface area (Å²) >= 11 is 0. The molecule has 31 heavy (non-hydrogen) atoms. The lowest BCUT2D eigenvalue weighted by Gasteiger charge is -2.25. The van der Waals surface area contributed by atoms with E-state index in [9.17, 15) is 26.7 Å². The van der Waals surface area contributed by atoms with E-state index in [0.29, 0.717) is 17.7 Å². The van der Waals surface area contributed by atoms with Gasteiger partial charge < -0.3 is 0 Å². The van der Waals surface area contributed by atoms with Crippen molar-refractivity contribution in [2.24, 2.45) is 5.10 Å². The summed E-state index contributed by atoms with van der Waals surface area (Å²) in [5, 5.41) is 4.32. The lowest BCUT2D eigenvalue weighted by atomic mass is 9.88. The fourth-order valence-electron chi connectivity index (χ4n) is 3.63. The standard InChI is InChI=1S/C22H16F5N3O/c1-2-18-16(15-8-7-14(23)9-17(15)24)10-20-28-19(11-21(31)30(20)29-18)12-3-5-13(6-4-12)22(25,26)27/h3-9,11,16H,2,10H2,1H3. The van der Waals surface area contributed by atoms with Crippen LogP contribution in [0.5, 0.6) is 0 Å². The second-order valence-corrected chi connectivity index (χ2v) is 7.15. The van der Waals surface area contributed by atoms with Crippen molar-refractivity contribution in [2.75, 3.05) is 0 Å². The number of alkyl halides is 3. The molecule has 1 aromatic heterocycles. The van der Waals surface area contributed by atoms with Gasteiger partial charge in [-0.2, -0.15) is 22.9 Å². The topological polar surface area (TPSA) is 47.2 Å². The predicted octanol–water partition coefficient (Wildman–Crippen LogP) is 5.16. The number of hydrogen-bond donors (Lipinski definition) is 0. The van der Waals surface area contributed by atoms with Crippen LogP contribution in [0.15, 0.2) is 58.4 Å². The monoisotopic (exact) mass is 433 g/mol. The molecule has 0 saturated carbocycles. The van der Waals surface area contributed by atoms with Crippen molar-refractivity contribution in [1.82, 2.24) is 9.66 Å². The fourth-order valence-corrected chi connectivity index (χ4v) is 3.63. The summed E-state index contributed by atoms with van der Waals surface area (Å²) in [6, 6.07) is 8.78. The quantitative estimate of drug-likeness (QED) is 0.536. The summed E-state index contributed by atoms with van der Waals surface area (Å²) in [6.45, 7) is 1.81. The maximum absolute atomic E-state index is 14.4. The average molecular weight is 433 g/mol. The maximum atomic E-state index is 14.4. The smallest absolute Gasteiger partial charge is 0.267 e. The summed E-state index contributed by atoms with van der Waals surface area (Å²) in [6.07, 6.45) is -3.90. The van der Waals surface area contributed by atoms with Gasteiger partial charge in [-0.05, 0) is 30.2 Å². The Morgan fingerprint density at radius 3 is 2.39 bits per heavy atom. The van der Waals surface area contributed by atoms with E-state index in [2.05, 4.69) is 10.1 Å². The molecule has 3 aromatic rings. The molecule has 2 aromatic carbocycles. The third kappa shape index (κ3) is 3.99. The van der Waals surface area contributed by atoms with E-state index < -0.39 is 34.9 Å². The van der Waals surface area contributed by atoms with E-state index in [1.165, 1.54) is 24.3 Å². The first-order valence-corrected chi connectivity index (χ1v) is 9.50. The highest BCUT2D eigenvalue weighted by Gasteiger charge is 2.31. The molecule has 1 aliphatic rings. The van der Waals surface area contributed by atoms with Crippen molar-refractivity contribution in [3.8, 4) is 11.3 Å². The Labute approximate surface area is 173 Å². The Kier molecular flexibility index (Phi) is 5.20.